The number of hydrogen-bond donors (Lipinski definition) is 3. The smallest absolute Gasteiger partial charge is 0.193 e. The van der Waals surface area contributed by atoms with Gasteiger partial charge in [-0.25, -0.2) is 0 Å². The second-order valence-corrected chi connectivity index (χ2v) is 14.0. The lowest BCUT2D eigenvalue weighted by molar-refractivity contribution is -0.201. The predicted octanol–water partition coefficient (Wildman–Crippen LogP) is 3.71. The van der Waals surface area contributed by atoms with E-state index in [9.17, 15) is 19.8 Å². The number of aliphatic hydroxyl groups excluding tert-OH is 2. The first-order chi connectivity index (χ1) is 19.0. The zero-order valence-corrected chi connectivity index (χ0v) is 23.5. The van der Waals surface area contributed by atoms with Crippen molar-refractivity contribution < 1.29 is 29.3 Å². The third-order valence-corrected chi connectivity index (χ3v) is 12.0. The molecule has 1 aromatic rings. The number of carbonyl (C=O) groups excluding carboxylic acids is 2. The molecule has 0 bridgehead atoms. The molecular weight excluding hydrogens is 506 g/mol. The SMILES string of the molecule is C[C@]12C=CC(=O)C=C1CC[C@@H]1[C@@H]2[C@@H](O)C[C@@]2(C)[C@H]1C[C@H]1O[C@@H](c3ccc(CC4(N)CCC4)cc3)O[C@]12C(=O)CO. The lowest BCUT2D eigenvalue weighted by Crippen LogP contribution is -2.63. The van der Waals surface area contributed by atoms with Crippen molar-refractivity contribution in [1.29, 1.82) is 0 Å². The standard InChI is InChI=1S/C33H41NO6/c1-30-13-10-22(36)14-21(30)8-9-23-24-15-27-33(26(38)18-35,31(24,2)17-25(37)28(23)30)40-29(39-27)20-6-4-19(5-7-20)16-32(34)11-3-12-32/h4-7,10,13-14,23-25,27-29,35,37H,3,8-9,11-12,15-18,34H2,1-2H3/t23-,24-,25-,27+,28+,29+,30-,31-,33+/m0/s1. The Morgan fingerprint density at radius 1 is 1.18 bits per heavy atom. The fourth-order valence-corrected chi connectivity index (χ4v) is 9.84. The van der Waals surface area contributed by atoms with Crippen LogP contribution in [0.4, 0.5) is 0 Å². The molecule has 1 saturated heterocycles. The number of ether oxygens (including phenoxy) is 2. The van der Waals surface area contributed by atoms with Crippen molar-refractivity contribution in [3.05, 3.63) is 59.2 Å². The molecule has 214 valence electrons. The molecule has 7 rings (SSSR count). The summed E-state index contributed by atoms with van der Waals surface area (Å²) in [7, 11) is 0. The van der Waals surface area contributed by atoms with Crippen molar-refractivity contribution in [3.8, 4) is 0 Å². The summed E-state index contributed by atoms with van der Waals surface area (Å²) in [4.78, 5) is 25.8. The maximum absolute atomic E-state index is 13.7. The number of rotatable bonds is 5. The molecule has 6 aliphatic rings. The van der Waals surface area contributed by atoms with Crippen molar-refractivity contribution >= 4 is 11.6 Å². The molecule has 0 radical (unpaired) electrons. The number of fused-ring (bicyclic) bond motifs is 7. The lowest BCUT2D eigenvalue weighted by atomic mass is 9.46. The first-order valence-electron chi connectivity index (χ1n) is 15.0. The first kappa shape index (κ1) is 26.7. The Labute approximate surface area is 235 Å². The zero-order chi connectivity index (χ0) is 28.1. The normalized spacial score (nSPS) is 44.6. The molecule has 7 heteroatoms. The summed E-state index contributed by atoms with van der Waals surface area (Å²) in [5.74, 6) is -0.191. The third-order valence-electron chi connectivity index (χ3n) is 12.0. The van der Waals surface area contributed by atoms with Crippen LogP contribution in [0.15, 0.2) is 48.1 Å². The number of nitrogens with two attached hydrogens (primary N) is 1. The highest BCUT2D eigenvalue weighted by atomic mass is 16.7. The van der Waals surface area contributed by atoms with E-state index in [0.717, 1.165) is 43.2 Å². The van der Waals surface area contributed by atoms with Crippen molar-refractivity contribution in [2.24, 2.45) is 34.3 Å². The minimum atomic E-state index is -1.33. The van der Waals surface area contributed by atoms with E-state index in [-0.39, 0.29) is 34.9 Å². The molecule has 0 aromatic heterocycles. The number of allylic oxidation sites excluding steroid dienone is 4. The van der Waals surface area contributed by atoms with E-state index in [0.29, 0.717) is 12.8 Å². The van der Waals surface area contributed by atoms with Crippen LogP contribution in [0.5, 0.6) is 0 Å². The zero-order valence-electron chi connectivity index (χ0n) is 23.5. The van der Waals surface area contributed by atoms with Gasteiger partial charge in [-0.3, -0.25) is 9.59 Å². The molecule has 0 unspecified atom stereocenters. The van der Waals surface area contributed by atoms with E-state index >= 15 is 0 Å². The molecule has 4 N–H and O–H groups in total. The molecule has 1 heterocycles. The van der Waals surface area contributed by atoms with Gasteiger partial charge in [0.25, 0.3) is 0 Å². The van der Waals surface area contributed by atoms with Crippen molar-refractivity contribution in [2.75, 3.05) is 6.61 Å². The van der Waals surface area contributed by atoms with Gasteiger partial charge in [0.05, 0.1) is 12.2 Å². The highest BCUT2D eigenvalue weighted by molar-refractivity contribution is 6.01. The van der Waals surface area contributed by atoms with Crippen molar-refractivity contribution in [2.45, 2.75) is 94.9 Å². The summed E-state index contributed by atoms with van der Waals surface area (Å²) >= 11 is 0. The molecule has 0 amide bonds. The molecule has 5 aliphatic carbocycles. The topological polar surface area (TPSA) is 119 Å². The van der Waals surface area contributed by atoms with E-state index in [1.165, 1.54) is 12.0 Å². The number of ketones is 2. The Morgan fingerprint density at radius 3 is 2.60 bits per heavy atom. The molecule has 9 atom stereocenters. The summed E-state index contributed by atoms with van der Waals surface area (Å²) in [6.45, 7) is 3.57. The van der Waals surface area contributed by atoms with Crippen molar-refractivity contribution in [3.63, 3.8) is 0 Å². The van der Waals surface area contributed by atoms with Gasteiger partial charge < -0.3 is 25.4 Å². The average molecular weight is 548 g/mol. The lowest BCUT2D eigenvalue weighted by Gasteiger charge is -2.59. The maximum atomic E-state index is 13.7. The predicted molar refractivity (Wildman–Crippen MR) is 148 cm³/mol. The van der Waals surface area contributed by atoms with Gasteiger partial charge in [0.2, 0.25) is 0 Å². The van der Waals surface area contributed by atoms with E-state index in [2.05, 4.69) is 26.0 Å². The van der Waals surface area contributed by atoms with Crippen LogP contribution in [-0.4, -0.2) is 51.7 Å². The van der Waals surface area contributed by atoms with Crippen LogP contribution in [0.2, 0.25) is 0 Å². The fourth-order valence-electron chi connectivity index (χ4n) is 9.84. The molecule has 0 spiro atoms. The van der Waals surface area contributed by atoms with Gasteiger partial charge >= 0.3 is 0 Å². The van der Waals surface area contributed by atoms with Crippen LogP contribution >= 0.6 is 0 Å². The monoisotopic (exact) mass is 547 g/mol. The molecule has 7 nitrogen and oxygen atoms in total. The number of aliphatic hydroxyl groups is 2. The van der Waals surface area contributed by atoms with Crippen LogP contribution in [0, 0.1) is 28.6 Å². The Morgan fingerprint density at radius 2 is 1.93 bits per heavy atom. The summed E-state index contributed by atoms with van der Waals surface area (Å²) in [5.41, 5.74) is 7.05. The number of Topliss-reactive ketones (excluding diaryl/α,β-unsaturated/α-hetero) is 1. The Balaban J connectivity index is 1.19. The quantitative estimate of drug-likeness (QED) is 0.514. The number of carbonyl (C=O) groups is 2. The second kappa shape index (κ2) is 8.92. The van der Waals surface area contributed by atoms with Crippen LogP contribution in [0.3, 0.4) is 0 Å². The summed E-state index contributed by atoms with van der Waals surface area (Å²) in [6.07, 6.45) is 10.2. The van der Waals surface area contributed by atoms with E-state index in [1.54, 1.807) is 12.2 Å². The first-order valence-corrected chi connectivity index (χ1v) is 15.0. The highest BCUT2D eigenvalue weighted by Crippen LogP contribution is 2.70. The Hall–Kier alpha value is -2.16. The third kappa shape index (κ3) is 3.54. The molecule has 40 heavy (non-hydrogen) atoms. The fraction of sp³-hybridized carbons (Fsp3) is 0.636. The van der Waals surface area contributed by atoms with Gasteiger partial charge in [0.1, 0.15) is 6.61 Å². The van der Waals surface area contributed by atoms with Gasteiger partial charge in [0.15, 0.2) is 23.5 Å². The van der Waals surface area contributed by atoms with Gasteiger partial charge in [-0.2, -0.15) is 0 Å². The number of benzene rings is 1. The van der Waals surface area contributed by atoms with Gasteiger partial charge in [0, 0.05) is 27.9 Å². The highest BCUT2D eigenvalue weighted by Gasteiger charge is 2.75. The Kier molecular flexibility index (Phi) is 5.96. The maximum Gasteiger partial charge on any atom is 0.193 e. The van der Waals surface area contributed by atoms with Crippen LogP contribution < -0.4 is 5.73 Å². The van der Waals surface area contributed by atoms with Crippen LogP contribution in [0.25, 0.3) is 0 Å². The largest absolute Gasteiger partial charge is 0.393 e. The summed E-state index contributed by atoms with van der Waals surface area (Å²) < 4.78 is 13.3. The van der Waals surface area contributed by atoms with E-state index < -0.39 is 41.5 Å². The van der Waals surface area contributed by atoms with E-state index in [4.69, 9.17) is 15.2 Å². The molecule has 5 fully saturated rings. The van der Waals surface area contributed by atoms with Gasteiger partial charge in [-0.1, -0.05) is 49.8 Å². The minimum Gasteiger partial charge on any atom is -0.393 e. The molecular formula is C33H41NO6. The van der Waals surface area contributed by atoms with Crippen LogP contribution in [0.1, 0.15) is 76.2 Å². The summed E-state index contributed by atoms with van der Waals surface area (Å²) in [5, 5.41) is 22.0. The number of hydrogen-bond acceptors (Lipinski definition) is 7. The van der Waals surface area contributed by atoms with Gasteiger partial charge in [-0.05, 0) is 80.9 Å². The van der Waals surface area contributed by atoms with E-state index in [1.807, 2.05) is 18.2 Å². The Bertz CT molecular complexity index is 1300. The molecule has 1 aliphatic heterocycles. The second-order valence-electron chi connectivity index (χ2n) is 14.0. The summed E-state index contributed by atoms with van der Waals surface area (Å²) in [6, 6.07) is 8.13. The van der Waals surface area contributed by atoms with Crippen molar-refractivity contribution in [1.82, 2.24) is 0 Å². The molecule has 1 aromatic carbocycles. The molecule has 4 saturated carbocycles. The average Bonchev–Trinajstić information content (AvgIpc) is 3.41. The minimum absolute atomic E-state index is 0.00963. The van der Waals surface area contributed by atoms with Gasteiger partial charge in [-0.15, -0.1) is 0 Å². The van der Waals surface area contributed by atoms with Crippen LogP contribution in [-0.2, 0) is 25.5 Å².